The first-order chi connectivity index (χ1) is 9.04. The third-order valence-corrected chi connectivity index (χ3v) is 3.74. The highest BCUT2D eigenvalue weighted by Crippen LogP contribution is 2.32. The Balaban J connectivity index is 2.35. The van der Waals surface area contributed by atoms with Gasteiger partial charge in [0.05, 0.1) is 10.5 Å². The molecule has 5 heteroatoms. The summed E-state index contributed by atoms with van der Waals surface area (Å²) in [6.45, 7) is 5.29. The van der Waals surface area contributed by atoms with Gasteiger partial charge in [-0.1, -0.05) is 13.8 Å². The number of nitro benzene ring substituents is 1. The van der Waals surface area contributed by atoms with Crippen molar-refractivity contribution in [2.75, 3.05) is 11.4 Å². The van der Waals surface area contributed by atoms with E-state index in [0.29, 0.717) is 18.2 Å². The summed E-state index contributed by atoms with van der Waals surface area (Å²) in [5, 5.41) is 10.8. The lowest BCUT2D eigenvalue weighted by atomic mass is 10.0. The fourth-order valence-electron chi connectivity index (χ4n) is 2.79. The molecular formula is C14H18N2O3. The van der Waals surface area contributed by atoms with Crippen LogP contribution in [0.15, 0.2) is 18.2 Å². The van der Waals surface area contributed by atoms with E-state index in [1.54, 1.807) is 12.1 Å². The van der Waals surface area contributed by atoms with Gasteiger partial charge in [-0.2, -0.15) is 0 Å². The SMILES string of the molecule is CC(C)C1CCCN1c1ccc([N+](=O)[O-])c(C=O)c1. The predicted molar refractivity (Wildman–Crippen MR) is 73.7 cm³/mol. The molecule has 1 unspecified atom stereocenters. The van der Waals surface area contributed by atoms with Crippen molar-refractivity contribution >= 4 is 17.7 Å². The second kappa shape index (κ2) is 5.38. The van der Waals surface area contributed by atoms with Gasteiger partial charge in [-0.15, -0.1) is 0 Å². The minimum Gasteiger partial charge on any atom is -0.368 e. The van der Waals surface area contributed by atoms with E-state index in [1.165, 1.54) is 6.07 Å². The largest absolute Gasteiger partial charge is 0.368 e. The molecule has 0 saturated carbocycles. The van der Waals surface area contributed by atoms with Crippen LogP contribution in [0.25, 0.3) is 0 Å². The van der Waals surface area contributed by atoms with Crippen molar-refractivity contribution in [1.29, 1.82) is 0 Å². The molecule has 0 aromatic heterocycles. The summed E-state index contributed by atoms with van der Waals surface area (Å²) >= 11 is 0. The standard InChI is InChI=1S/C14H18N2O3/c1-10(2)13-4-3-7-15(13)12-5-6-14(16(18)19)11(8-12)9-17/h5-6,8-10,13H,3-4,7H2,1-2H3. The Kier molecular flexibility index (Phi) is 3.83. The monoisotopic (exact) mass is 262 g/mol. The fourth-order valence-corrected chi connectivity index (χ4v) is 2.79. The van der Waals surface area contributed by atoms with Crippen LogP contribution in [0.1, 0.15) is 37.0 Å². The molecule has 1 aliphatic heterocycles. The second-order valence-corrected chi connectivity index (χ2v) is 5.27. The molecule has 102 valence electrons. The molecule has 0 radical (unpaired) electrons. The maximum Gasteiger partial charge on any atom is 0.280 e. The summed E-state index contributed by atoms with van der Waals surface area (Å²) in [7, 11) is 0. The topological polar surface area (TPSA) is 63.4 Å². The molecule has 0 aliphatic carbocycles. The maximum absolute atomic E-state index is 11.0. The minimum atomic E-state index is -0.516. The number of rotatable bonds is 4. The molecule has 1 heterocycles. The van der Waals surface area contributed by atoms with E-state index < -0.39 is 4.92 Å². The third-order valence-electron chi connectivity index (χ3n) is 3.74. The summed E-state index contributed by atoms with van der Waals surface area (Å²) in [6, 6.07) is 5.24. The van der Waals surface area contributed by atoms with E-state index in [4.69, 9.17) is 0 Å². The molecular weight excluding hydrogens is 244 g/mol. The molecule has 1 aliphatic rings. The van der Waals surface area contributed by atoms with Crippen molar-refractivity contribution in [2.24, 2.45) is 5.92 Å². The maximum atomic E-state index is 11.0. The number of anilines is 1. The number of aldehydes is 1. The summed E-state index contributed by atoms with van der Waals surface area (Å²) < 4.78 is 0. The normalized spacial score (nSPS) is 18.9. The van der Waals surface area contributed by atoms with Crippen LogP contribution in [0.2, 0.25) is 0 Å². The zero-order valence-electron chi connectivity index (χ0n) is 11.2. The molecule has 0 N–H and O–H groups in total. The molecule has 0 spiro atoms. The zero-order valence-corrected chi connectivity index (χ0v) is 11.2. The Hall–Kier alpha value is -1.91. The number of benzene rings is 1. The second-order valence-electron chi connectivity index (χ2n) is 5.27. The van der Waals surface area contributed by atoms with Gasteiger partial charge in [-0.25, -0.2) is 0 Å². The van der Waals surface area contributed by atoms with Crippen molar-refractivity contribution in [3.8, 4) is 0 Å². The van der Waals surface area contributed by atoms with E-state index in [2.05, 4.69) is 18.7 Å². The average Bonchev–Trinajstić information content (AvgIpc) is 2.87. The lowest BCUT2D eigenvalue weighted by Crippen LogP contribution is -2.33. The highest BCUT2D eigenvalue weighted by atomic mass is 16.6. The van der Waals surface area contributed by atoms with E-state index in [-0.39, 0.29) is 11.3 Å². The number of nitro groups is 1. The molecule has 1 aromatic rings. The number of carbonyl (C=O) groups excluding carboxylic acids is 1. The summed E-state index contributed by atoms with van der Waals surface area (Å²) in [6.07, 6.45) is 2.81. The third kappa shape index (κ3) is 2.59. The fraction of sp³-hybridized carbons (Fsp3) is 0.500. The summed E-state index contributed by atoms with van der Waals surface area (Å²) in [5.74, 6) is 0.525. The van der Waals surface area contributed by atoms with Crippen LogP contribution in [0.4, 0.5) is 11.4 Å². The van der Waals surface area contributed by atoms with Crippen LogP contribution in [-0.4, -0.2) is 23.8 Å². The predicted octanol–water partition coefficient (Wildman–Crippen LogP) is 3.03. The van der Waals surface area contributed by atoms with Gasteiger partial charge in [0, 0.05) is 24.3 Å². The lowest BCUT2D eigenvalue weighted by molar-refractivity contribution is -0.385. The van der Waals surface area contributed by atoms with Crippen LogP contribution in [0.5, 0.6) is 0 Å². The van der Waals surface area contributed by atoms with E-state index >= 15 is 0 Å². The van der Waals surface area contributed by atoms with Crippen molar-refractivity contribution in [1.82, 2.24) is 0 Å². The van der Waals surface area contributed by atoms with Gasteiger partial charge >= 0.3 is 0 Å². The highest BCUT2D eigenvalue weighted by molar-refractivity contribution is 5.83. The zero-order chi connectivity index (χ0) is 14.0. The van der Waals surface area contributed by atoms with Gasteiger partial charge < -0.3 is 4.90 Å². The number of carbonyl (C=O) groups is 1. The van der Waals surface area contributed by atoms with Crippen LogP contribution in [-0.2, 0) is 0 Å². The van der Waals surface area contributed by atoms with E-state index in [0.717, 1.165) is 25.1 Å². The molecule has 19 heavy (non-hydrogen) atoms. The molecule has 5 nitrogen and oxygen atoms in total. The number of hydrogen-bond donors (Lipinski definition) is 0. The molecule has 1 fully saturated rings. The van der Waals surface area contributed by atoms with Crippen molar-refractivity contribution < 1.29 is 9.72 Å². The average molecular weight is 262 g/mol. The van der Waals surface area contributed by atoms with Crippen molar-refractivity contribution in [2.45, 2.75) is 32.7 Å². The van der Waals surface area contributed by atoms with Gasteiger partial charge in [-0.05, 0) is 30.9 Å². The summed E-state index contributed by atoms with van der Waals surface area (Å²) in [5.41, 5.74) is 0.930. The summed E-state index contributed by atoms with van der Waals surface area (Å²) in [4.78, 5) is 23.5. The first kappa shape index (κ1) is 13.5. The van der Waals surface area contributed by atoms with Crippen LogP contribution >= 0.6 is 0 Å². The van der Waals surface area contributed by atoms with Crippen LogP contribution in [0.3, 0.4) is 0 Å². The van der Waals surface area contributed by atoms with E-state index in [9.17, 15) is 14.9 Å². The van der Waals surface area contributed by atoms with Gasteiger partial charge in [0.25, 0.3) is 5.69 Å². The minimum absolute atomic E-state index is 0.126. The first-order valence-corrected chi connectivity index (χ1v) is 6.55. The molecule has 0 bridgehead atoms. The molecule has 1 saturated heterocycles. The Morgan fingerprint density at radius 2 is 2.21 bits per heavy atom. The smallest absolute Gasteiger partial charge is 0.280 e. The van der Waals surface area contributed by atoms with Crippen molar-refractivity contribution in [3.63, 3.8) is 0 Å². The lowest BCUT2D eigenvalue weighted by Gasteiger charge is -2.29. The molecule has 0 amide bonds. The molecule has 1 aromatic carbocycles. The first-order valence-electron chi connectivity index (χ1n) is 6.55. The Morgan fingerprint density at radius 3 is 2.79 bits per heavy atom. The van der Waals surface area contributed by atoms with Gasteiger partial charge in [0.15, 0.2) is 6.29 Å². The van der Waals surface area contributed by atoms with Crippen LogP contribution < -0.4 is 4.90 Å². The quantitative estimate of drug-likeness (QED) is 0.475. The number of nitrogens with zero attached hydrogens (tertiary/aromatic N) is 2. The molecule has 2 rings (SSSR count). The van der Waals surface area contributed by atoms with Gasteiger partial charge in [0.2, 0.25) is 0 Å². The Bertz CT molecular complexity index is 499. The van der Waals surface area contributed by atoms with E-state index in [1.807, 2.05) is 0 Å². The highest BCUT2D eigenvalue weighted by Gasteiger charge is 2.28. The Morgan fingerprint density at radius 1 is 1.47 bits per heavy atom. The van der Waals surface area contributed by atoms with Gasteiger partial charge in [0.1, 0.15) is 0 Å². The molecule has 1 atom stereocenters. The van der Waals surface area contributed by atoms with Gasteiger partial charge in [-0.3, -0.25) is 14.9 Å². The van der Waals surface area contributed by atoms with Crippen molar-refractivity contribution in [3.05, 3.63) is 33.9 Å². The Labute approximate surface area is 112 Å². The number of hydrogen-bond acceptors (Lipinski definition) is 4. The van der Waals surface area contributed by atoms with Crippen LogP contribution in [0, 0.1) is 16.0 Å².